The number of piperidine rings is 1. The molecular weight excluding hydrogens is 278 g/mol. The summed E-state index contributed by atoms with van der Waals surface area (Å²) in [6.45, 7) is 3.38. The van der Waals surface area contributed by atoms with E-state index in [9.17, 15) is 9.59 Å². The van der Waals surface area contributed by atoms with Gasteiger partial charge in [0.1, 0.15) is 0 Å². The maximum Gasteiger partial charge on any atom is 0.303 e. The van der Waals surface area contributed by atoms with Crippen LogP contribution in [0.5, 0.6) is 0 Å². The fraction of sp³-hybridized carbons (Fsp3) is 0.444. The molecule has 0 aliphatic carbocycles. The Morgan fingerprint density at radius 2 is 2.05 bits per heavy atom. The highest BCUT2D eigenvalue weighted by Crippen LogP contribution is 2.22. The third-order valence-electron chi connectivity index (χ3n) is 4.17. The van der Waals surface area contributed by atoms with E-state index in [4.69, 9.17) is 5.11 Å². The van der Waals surface area contributed by atoms with Crippen LogP contribution in [0.2, 0.25) is 0 Å². The first-order chi connectivity index (χ1) is 10.6. The Morgan fingerprint density at radius 3 is 2.73 bits per heavy atom. The molecular formula is C18H23NO3. The molecule has 1 atom stereocenters. The van der Waals surface area contributed by atoms with E-state index < -0.39 is 5.97 Å². The van der Waals surface area contributed by atoms with Crippen LogP contribution >= 0.6 is 0 Å². The molecule has 1 fully saturated rings. The fourth-order valence-corrected chi connectivity index (χ4v) is 2.89. The number of likely N-dealkylation sites (tertiary alicyclic amines) is 1. The Balaban J connectivity index is 1.95. The zero-order valence-corrected chi connectivity index (χ0v) is 13.0. The highest BCUT2D eigenvalue weighted by Gasteiger charge is 2.23. The maximum atomic E-state index is 12.4. The lowest BCUT2D eigenvalue weighted by molar-refractivity contribution is -0.137. The lowest BCUT2D eigenvalue weighted by Crippen LogP contribution is -2.39. The number of nitrogens with zero attached hydrogens (tertiary/aromatic N) is 1. The molecule has 1 aliphatic heterocycles. The van der Waals surface area contributed by atoms with Crippen LogP contribution in [0.25, 0.3) is 5.57 Å². The lowest BCUT2D eigenvalue weighted by Gasteiger charge is -2.32. The minimum absolute atomic E-state index is 0.0291. The average Bonchev–Trinajstić information content (AvgIpc) is 2.54. The second kappa shape index (κ2) is 7.78. The number of carboxylic acid groups (broad SMARTS) is 1. The summed E-state index contributed by atoms with van der Waals surface area (Å²) in [6.07, 6.45) is 4.49. The summed E-state index contributed by atoms with van der Waals surface area (Å²) in [5, 5.41) is 8.77. The first-order valence-corrected chi connectivity index (χ1v) is 7.80. The van der Waals surface area contributed by atoms with Gasteiger partial charge in [0, 0.05) is 25.6 Å². The van der Waals surface area contributed by atoms with Crippen LogP contribution in [0.1, 0.15) is 38.2 Å². The van der Waals surface area contributed by atoms with Gasteiger partial charge in [-0.3, -0.25) is 9.59 Å². The number of carbonyl (C=O) groups is 2. The molecule has 0 aromatic heterocycles. The van der Waals surface area contributed by atoms with Crippen molar-refractivity contribution < 1.29 is 14.7 Å². The molecule has 1 amide bonds. The Hall–Kier alpha value is -2.10. The normalized spacial score (nSPS) is 19.0. The summed E-state index contributed by atoms with van der Waals surface area (Å²) in [5.41, 5.74) is 2.01. The van der Waals surface area contributed by atoms with E-state index in [0.29, 0.717) is 18.9 Å². The molecule has 1 unspecified atom stereocenters. The van der Waals surface area contributed by atoms with Crippen LogP contribution in [-0.2, 0) is 9.59 Å². The minimum Gasteiger partial charge on any atom is -0.481 e. The van der Waals surface area contributed by atoms with Crippen molar-refractivity contribution >= 4 is 17.4 Å². The zero-order valence-electron chi connectivity index (χ0n) is 13.0. The van der Waals surface area contributed by atoms with E-state index >= 15 is 0 Å². The van der Waals surface area contributed by atoms with Crippen LogP contribution in [-0.4, -0.2) is 35.0 Å². The molecule has 0 radical (unpaired) electrons. The van der Waals surface area contributed by atoms with Gasteiger partial charge in [-0.25, -0.2) is 0 Å². The Morgan fingerprint density at radius 1 is 1.32 bits per heavy atom. The molecule has 22 heavy (non-hydrogen) atoms. The van der Waals surface area contributed by atoms with Gasteiger partial charge in [0.05, 0.1) is 0 Å². The number of carbonyl (C=O) groups excluding carboxylic acids is 1. The van der Waals surface area contributed by atoms with Gasteiger partial charge >= 0.3 is 5.97 Å². The van der Waals surface area contributed by atoms with Gasteiger partial charge < -0.3 is 10.0 Å². The van der Waals surface area contributed by atoms with Gasteiger partial charge in [-0.1, -0.05) is 30.3 Å². The quantitative estimate of drug-likeness (QED) is 0.850. The third kappa shape index (κ3) is 4.72. The number of hydrogen-bond acceptors (Lipinski definition) is 2. The van der Waals surface area contributed by atoms with Crippen molar-refractivity contribution in [3.05, 3.63) is 42.0 Å². The van der Waals surface area contributed by atoms with Crippen molar-refractivity contribution in [2.75, 3.05) is 13.1 Å². The molecule has 1 saturated heterocycles. The van der Waals surface area contributed by atoms with Crippen molar-refractivity contribution in [1.29, 1.82) is 0 Å². The smallest absolute Gasteiger partial charge is 0.303 e. The van der Waals surface area contributed by atoms with Crippen LogP contribution in [0.4, 0.5) is 0 Å². The Kier molecular flexibility index (Phi) is 5.75. The van der Waals surface area contributed by atoms with Crippen molar-refractivity contribution in [3.63, 3.8) is 0 Å². The SMILES string of the molecule is C/C(=C\C(=O)N1CCCC(CCC(=O)O)C1)c1ccccc1. The molecule has 1 aliphatic rings. The summed E-state index contributed by atoms with van der Waals surface area (Å²) in [7, 11) is 0. The highest BCUT2D eigenvalue weighted by molar-refractivity contribution is 5.94. The average molecular weight is 301 g/mol. The molecule has 0 saturated carbocycles. The van der Waals surface area contributed by atoms with E-state index in [0.717, 1.165) is 30.5 Å². The van der Waals surface area contributed by atoms with Crippen molar-refractivity contribution in [3.8, 4) is 0 Å². The van der Waals surface area contributed by atoms with Crippen molar-refractivity contribution in [1.82, 2.24) is 4.90 Å². The number of benzene rings is 1. The summed E-state index contributed by atoms with van der Waals surface area (Å²) in [6, 6.07) is 9.85. The molecule has 118 valence electrons. The number of carboxylic acids is 1. The number of rotatable bonds is 5. The monoisotopic (exact) mass is 301 g/mol. The summed E-state index contributed by atoms with van der Waals surface area (Å²) in [5.74, 6) is -0.427. The molecule has 0 bridgehead atoms. The fourth-order valence-electron chi connectivity index (χ4n) is 2.89. The largest absolute Gasteiger partial charge is 0.481 e. The van der Waals surface area contributed by atoms with Crippen molar-refractivity contribution in [2.45, 2.75) is 32.6 Å². The lowest BCUT2D eigenvalue weighted by atomic mass is 9.93. The van der Waals surface area contributed by atoms with Gasteiger partial charge in [0.25, 0.3) is 0 Å². The molecule has 4 nitrogen and oxygen atoms in total. The molecule has 1 aromatic carbocycles. The van der Waals surface area contributed by atoms with Gasteiger partial charge in [-0.2, -0.15) is 0 Å². The number of amides is 1. The Labute approximate surface area is 131 Å². The highest BCUT2D eigenvalue weighted by atomic mass is 16.4. The topological polar surface area (TPSA) is 57.6 Å². The molecule has 4 heteroatoms. The van der Waals surface area contributed by atoms with E-state index in [2.05, 4.69) is 0 Å². The molecule has 1 N–H and O–H groups in total. The zero-order chi connectivity index (χ0) is 15.9. The molecule has 2 rings (SSSR count). The predicted octanol–water partition coefficient (Wildman–Crippen LogP) is 3.19. The van der Waals surface area contributed by atoms with Crippen molar-refractivity contribution in [2.24, 2.45) is 5.92 Å². The summed E-state index contributed by atoms with van der Waals surface area (Å²) in [4.78, 5) is 24.9. The van der Waals surface area contributed by atoms with E-state index in [1.165, 1.54) is 0 Å². The van der Waals surface area contributed by atoms with E-state index in [1.807, 2.05) is 42.2 Å². The minimum atomic E-state index is -0.761. The van der Waals surface area contributed by atoms with Gasteiger partial charge in [-0.05, 0) is 43.2 Å². The van der Waals surface area contributed by atoms with Gasteiger partial charge in [-0.15, -0.1) is 0 Å². The first kappa shape index (κ1) is 16.3. The third-order valence-corrected chi connectivity index (χ3v) is 4.17. The van der Waals surface area contributed by atoms with Gasteiger partial charge in [0.2, 0.25) is 5.91 Å². The molecule has 1 aromatic rings. The summed E-state index contributed by atoms with van der Waals surface area (Å²) >= 11 is 0. The molecule has 1 heterocycles. The van der Waals surface area contributed by atoms with Crippen LogP contribution < -0.4 is 0 Å². The number of allylic oxidation sites excluding steroid dienone is 1. The Bertz CT molecular complexity index is 551. The predicted molar refractivity (Wildman–Crippen MR) is 86.3 cm³/mol. The van der Waals surface area contributed by atoms with E-state index in [-0.39, 0.29) is 12.3 Å². The maximum absolute atomic E-state index is 12.4. The molecule has 0 spiro atoms. The first-order valence-electron chi connectivity index (χ1n) is 7.80. The van der Waals surface area contributed by atoms with E-state index in [1.54, 1.807) is 6.08 Å². The standard InChI is InChI=1S/C18H23NO3/c1-14(16-7-3-2-4-8-16)12-17(20)19-11-5-6-15(13-19)9-10-18(21)22/h2-4,7-8,12,15H,5-6,9-11,13H2,1H3,(H,21,22)/b14-12+. The second-order valence-corrected chi connectivity index (χ2v) is 5.92. The van der Waals surface area contributed by atoms with Crippen LogP contribution in [0.3, 0.4) is 0 Å². The number of aliphatic carboxylic acids is 1. The summed E-state index contributed by atoms with van der Waals surface area (Å²) < 4.78 is 0. The number of hydrogen-bond donors (Lipinski definition) is 1. The van der Waals surface area contributed by atoms with Gasteiger partial charge in [0.15, 0.2) is 0 Å². The van der Waals surface area contributed by atoms with Crippen LogP contribution in [0, 0.1) is 5.92 Å². The second-order valence-electron chi connectivity index (χ2n) is 5.92. The van der Waals surface area contributed by atoms with Crippen LogP contribution in [0.15, 0.2) is 36.4 Å².